The summed E-state index contributed by atoms with van der Waals surface area (Å²) in [5.74, 6) is 0. The topological polar surface area (TPSA) is 54.5 Å². The molecular formula is C16H25N3O2. The van der Waals surface area contributed by atoms with Gasteiger partial charge in [-0.1, -0.05) is 6.07 Å². The lowest BCUT2D eigenvalue weighted by Gasteiger charge is -2.25. The summed E-state index contributed by atoms with van der Waals surface area (Å²) in [6.45, 7) is 9.22. The molecule has 1 fully saturated rings. The largest absolute Gasteiger partial charge is 0.444 e. The normalized spacial score (nSPS) is 20.4. The van der Waals surface area contributed by atoms with Gasteiger partial charge in [0.2, 0.25) is 0 Å². The number of nitrogens with one attached hydrogen (secondary N) is 1. The molecule has 0 radical (unpaired) electrons. The van der Waals surface area contributed by atoms with Gasteiger partial charge >= 0.3 is 6.09 Å². The number of hydrogen-bond donors (Lipinski definition) is 1. The Morgan fingerprint density at radius 1 is 1.52 bits per heavy atom. The van der Waals surface area contributed by atoms with Gasteiger partial charge in [-0.3, -0.25) is 4.98 Å². The molecular weight excluding hydrogens is 266 g/mol. The van der Waals surface area contributed by atoms with Crippen LogP contribution in [0.15, 0.2) is 24.5 Å². The van der Waals surface area contributed by atoms with E-state index in [9.17, 15) is 4.79 Å². The van der Waals surface area contributed by atoms with E-state index in [1.165, 1.54) is 0 Å². The maximum atomic E-state index is 12.0. The monoisotopic (exact) mass is 291 g/mol. The Morgan fingerprint density at radius 3 is 2.90 bits per heavy atom. The summed E-state index contributed by atoms with van der Waals surface area (Å²) >= 11 is 0. The van der Waals surface area contributed by atoms with Crippen LogP contribution in [0.4, 0.5) is 4.79 Å². The Hall–Kier alpha value is -1.62. The third kappa shape index (κ3) is 4.70. The van der Waals surface area contributed by atoms with Crippen molar-refractivity contribution in [2.75, 3.05) is 13.1 Å². The van der Waals surface area contributed by atoms with Crippen molar-refractivity contribution in [2.45, 2.75) is 51.8 Å². The number of amides is 1. The number of nitrogens with zero attached hydrogens (tertiary/aromatic N) is 2. The third-order valence-electron chi connectivity index (χ3n) is 3.51. The third-order valence-corrected chi connectivity index (χ3v) is 3.51. The Labute approximate surface area is 126 Å². The maximum absolute atomic E-state index is 12.0. The van der Waals surface area contributed by atoms with Gasteiger partial charge in [0.05, 0.1) is 0 Å². The van der Waals surface area contributed by atoms with E-state index in [0.717, 1.165) is 18.5 Å². The molecule has 1 aromatic heterocycles. The van der Waals surface area contributed by atoms with Crippen molar-refractivity contribution in [2.24, 2.45) is 0 Å². The van der Waals surface area contributed by atoms with Crippen molar-refractivity contribution >= 4 is 6.09 Å². The first kappa shape index (κ1) is 15.8. The zero-order valence-corrected chi connectivity index (χ0v) is 13.3. The molecule has 116 valence electrons. The first-order chi connectivity index (χ1) is 9.85. The molecule has 1 unspecified atom stereocenters. The number of rotatable bonds is 3. The second-order valence-electron chi connectivity index (χ2n) is 6.59. The summed E-state index contributed by atoms with van der Waals surface area (Å²) in [5, 5.41) is 3.55. The number of hydrogen-bond acceptors (Lipinski definition) is 4. The van der Waals surface area contributed by atoms with Gasteiger partial charge < -0.3 is 15.0 Å². The van der Waals surface area contributed by atoms with Crippen molar-refractivity contribution in [1.29, 1.82) is 0 Å². The Morgan fingerprint density at radius 2 is 2.29 bits per heavy atom. The molecule has 1 amide bonds. The molecule has 1 aliphatic rings. The fraction of sp³-hybridized carbons (Fsp3) is 0.625. The van der Waals surface area contributed by atoms with Crippen LogP contribution >= 0.6 is 0 Å². The maximum Gasteiger partial charge on any atom is 0.410 e. The SMILES string of the molecule is C[C@@H](NC1CCN(C(=O)OC(C)(C)C)C1)c1cccnc1. The van der Waals surface area contributed by atoms with E-state index in [-0.39, 0.29) is 12.1 Å². The number of pyridine rings is 1. The van der Waals surface area contributed by atoms with Gasteiger partial charge in [-0.15, -0.1) is 0 Å². The molecule has 1 aromatic rings. The fourth-order valence-electron chi connectivity index (χ4n) is 2.47. The van der Waals surface area contributed by atoms with Crippen molar-refractivity contribution in [3.8, 4) is 0 Å². The number of likely N-dealkylation sites (tertiary alicyclic amines) is 1. The van der Waals surface area contributed by atoms with Crippen molar-refractivity contribution < 1.29 is 9.53 Å². The van der Waals surface area contributed by atoms with Crippen LogP contribution in [0.5, 0.6) is 0 Å². The number of carbonyl (C=O) groups excluding carboxylic acids is 1. The Bertz CT molecular complexity index is 470. The van der Waals surface area contributed by atoms with E-state index < -0.39 is 5.60 Å². The van der Waals surface area contributed by atoms with Crippen LogP contribution in [0, 0.1) is 0 Å². The van der Waals surface area contributed by atoms with E-state index in [2.05, 4.69) is 23.3 Å². The van der Waals surface area contributed by atoms with Gasteiger partial charge in [-0.25, -0.2) is 4.79 Å². The summed E-state index contributed by atoms with van der Waals surface area (Å²) in [6, 6.07) is 4.52. The minimum absolute atomic E-state index is 0.221. The van der Waals surface area contributed by atoms with Crippen molar-refractivity contribution in [3.63, 3.8) is 0 Å². The molecule has 1 aliphatic heterocycles. The van der Waals surface area contributed by atoms with Gasteiger partial charge in [-0.05, 0) is 45.7 Å². The average molecular weight is 291 g/mol. The highest BCUT2D eigenvalue weighted by Crippen LogP contribution is 2.18. The van der Waals surface area contributed by atoms with Gasteiger partial charge in [0, 0.05) is 37.6 Å². The van der Waals surface area contributed by atoms with E-state index in [4.69, 9.17) is 4.74 Å². The van der Waals surface area contributed by atoms with Gasteiger partial charge in [0.15, 0.2) is 0 Å². The molecule has 21 heavy (non-hydrogen) atoms. The lowest BCUT2D eigenvalue weighted by Crippen LogP contribution is -2.39. The van der Waals surface area contributed by atoms with Gasteiger partial charge in [0.1, 0.15) is 5.60 Å². The van der Waals surface area contributed by atoms with E-state index in [1.807, 2.05) is 33.0 Å². The number of ether oxygens (including phenoxy) is 1. The molecule has 2 rings (SSSR count). The summed E-state index contributed by atoms with van der Waals surface area (Å²) < 4.78 is 5.41. The number of carbonyl (C=O) groups is 1. The molecule has 0 aliphatic carbocycles. The predicted molar refractivity (Wildman–Crippen MR) is 82.0 cm³/mol. The smallest absolute Gasteiger partial charge is 0.410 e. The highest BCUT2D eigenvalue weighted by Gasteiger charge is 2.30. The van der Waals surface area contributed by atoms with Crippen LogP contribution in [0.25, 0.3) is 0 Å². The van der Waals surface area contributed by atoms with Crippen LogP contribution in [-0.2, 0) is 4.74 Å². The summed E-state index contributed by atoms with van der Waals surface area (Å²) in [6.07, 6.45) is 4.37. The molecule has 0 saturated carbocycles. The van der Waals surface area contributed by atoms with Crippen LogP contribution < -0.4 is 5.32 Å². The van der Waals surface area contributed by atoms with E-state index >= 15 is 0 Å². The highest BCUT2D eigenvalue weighted by molar-refractivity contribution is 5.68. The van der Waals surface area contributed by atoms with Crippen molar-refractivity contribution in [3.05, 3.63) is 30.1 Å². The Balaban J connectivity index is 1.84. The minimum atomic E-state index is -0.439. The zero-order chi connectivity index (χ0) is 15.5. The van der Waals surface area contributed by atoms with Crippen LogP contribution in [-0.4, -0.2) is 40.7 Å². The van der Waals surface area contributed by atoms with Gasteiger partial charge in [-0.2, -0.15) is 0 Å². The summed E-state index contributed by atoms with van der Waals surface area (Å²) in [4.78, 5) is 17.9. The summed E-state index contributed by atoms with van der Waals surface area (Å²) in [7, 11) is 0. The summed E-state index contributed by atoms with van der Waals surface area (Å²) in [5.41, 5.74) is 0.721. The van der Waals surface area contributed by atoms with Gasteiger partial charge in [0.25, 0.3) is 0 Å². The molecule has 5 heteroatoms. The van der Waals surface area contributed by atoms with Crippen LogP contribution in [0.1, 0.15) is 45.7 Å². The molecule has 1 saturated heterocycles. The van der Waals surface area contributed by atoms with E-state index in [1.54, 1.807) is 11.1 Å². The molecule has 5 nitrogen and oxygen atoms in total. The fourth-order valence-corrected chi connectivity index (χ4v) is 2.47. The highest BCUT2D eigenvalue weighted by atomic mass is 16.6. The lowest BCUT2D eigenvalue weighted by atomic mass is 10.1. The molecule has 0 spiro atoms. The average Bonchev–Trinajstić information content (AvgIpc) is 2.86. The first-order valence-electron chi connectivity index (χ1n) is 7.49. The lowest BCUT2D eigenvalue weighted by molar-refractivity contribution is 0.0290. The zero-order valence-electron chi connectivity index (χ0n) is 13.3. The standard InChI is InChI=1S/C16H25N3O2/c1-12(13-6-5-8-17-10-13)18-14-7-9-19(11-14)15(20)21-16(2,3)4/h5-6,8,10,12,14,18H,7,9,11H2,1-4H3/t12-,14?/m1/s1. The molecule has 0 aromatic carbocycles. The molecule has 1 N–H and O–H groups in total. The second kappa shape index (κ2) is 6.43. The molecule has 0 bridgehead atoms. The number of aromatic nitrogens is 1. The van der Waals surface area contributed by atoms with E-state index in [0.29, 0.717) is 12.6 Å². The Kier molecular flexibility index (Phi) is 4.83. The predicted octanol–water partition coefficient (Wildman–Crippen LogP) is 2.74. The first-order valence-corrected chi connectivity index (χ1v) is 7.49. The molecule has 2 heterocycles. The quantitative estimate of drug-likeness (QED) is 0.930. The molecule has 2 atom stereocenters. The van der Waals surface area contributed by atoms with Crippen LogP contribution in [0.2, 0.25) is 0 Å². The van der Waals surface area contributed by atoms with Crippen LogP contribution in [0.3, 0.4) is 0 Å². The van der Waals surface area contributed by atoms with Crippen molar-refractivity contribution in [1.82, 2.24) is 15.2 Å². The minimum Gasteiger partial charge on any atom is -0.444 e. The second-order valence-corrected chi connectivity index (χ2v) is 6.59.